The Morgan fingerprint density at radius 3 is 2.55 bits per heavy atom. The van der Waals surface area contributed by atoms with Crippen molar-refractivity contribution in [1.29, 1.82) is 0 Å². The summed E-state index contributed by atoms with van der Waals surface area (Å²) in [6.45, 7) is 2.83. The van der Waals surface area contributed by atoms with E-state index in [1.165, 1.54) is 12.7 Å². The summed E-state index contributed by atoms with van der Waals surface area (Å²) in [6, 6.07) is 12.7. The van der Waals surface area contributed by atoms with Crippen molar-refractivity contribution >= 4 is 17.5 Å². The number of methoxy groups -OCH3 is 1. The molecule has 116 valence electrons. The molecular weight excluding hydrogens is 302 g/mol. The Hall–Kier alpha value is -2.20. The Balaban J connectivity index is 1.80. The van der Waals surface area contributed by atoms with Gasteiger partial charge in [0.2, 0.25) is 0 Å². The lowest BCUT2D eigenvalue weighted by atomic mass is 10.2. The van der Waals surface area contributed by atoms with Gasteiger partial charge in [0.25, 0.3) is 5.91 Å². The van der Waals surface area contributed by atoms with E-state index in [2.05, 4.69) is 5.32 Å². The number of carbonyl (C=O) groups excluding carboxylic acids is 1. The van der Waals surface area contributed by atoms with E-state index in [9.17, 15) is 4.79 Å². The lowest BCUT2D eigenvalue weighted by Gasteiger charge is -2.09. The van der Waals surface area contributed by atoms with Crippen molar-refractivity contribution in [2.45, 2.75) is 6.92 Å². The van der Waals surface area contributed by atoms with Crippen LogP contribution in [0.2, 0.25) is 5.02 Å². The first kappa shape index (κ1) is 16.2. The van der Waals surface area contributed by atoms with E-state index in [0.717, 1.165) is 5.75 Å². The van der Waals surface area contributed by atoms with Gasteiger partial charge < -0.3 is 14.8 Å². The molecule has 0 radical (unpaired) electrons. The number of hydrogen-bond donors (Lipinski definition) is 1. The van der Waals surface area contributed by atoms with E-state index in [1.54, 1.807) is 18.2 Å². The predicted molar refractivity (Wildman–Crippen MR) is 87.0 cm³/mol. The zero-order chi connectivity index (χ0) is 15.9. The van der Waals surface area contributed by atoms with Crippen LogP contribution in [0.5, 0.6) is 11.5 Å². The third-order valence-corrected chi connectivity index (χ3v) is 3.39. The standard InChI is InChI=1S/C17H18ClNO3/c1-12-3-6-14(7-4-12)22-10-9-19-17(20)13-5-8-16(21-2)15(18)11-13/h3-8,11H,9-10H2,1-2H3,(H,19,20). The zero-order valence-corrected chi connectivity index (χ0v) is 13.3. The van der Waals surface area contributed by atoms with E-state index in [4.69, 9.17) is 21.1 Å². The van der Waals surface area contributed by atoms with Crippen LogP contribution in [0.15, 0.2) is 42.5 Å². The number of ether oxygens (including phenoxy) is 2. The minimum Gasteiger partial charge on any atom is -0.495 e. The van der Waals surface area contributed by atoms with Gasteiger partial charge in [0.15, 0.2) is 0 Å². The second-order valence-electron chi connectivity index (χ2n) is 4.77. The number of amides is 1. The summed E-state index contributed by atoms with van der Waals surface area (Å²) in [5, 5.41) is 3.19. The Morgan fingerprint density at radius 1 is 1.18 bits per heavy atom. The van der Waals surface area contributed by atoms with Crippen LogP contribution in [0, 0.1) is 6.92 Å². The zero-order valence-electron chi connectivity index (χ0n) is 12.6. The molecule has 5 heteroatoms. The van der Waals surface area contributed by atoms with Gasteiger partial charge in [-0.2, -0.15) is 0 Å². The maximum atomic E-state index is 12.0. The first-order valence-corrected chi connectivity index (χ1v) is 7.29. The summed E-state index contributed by atoms with van der Waals surface area (Å²) in [7, 11) is 1.53. The minimum absolute atomic E-state index is 0.197. The Labute approximate surface area is 135 Å². The predicted octanol–water partition coefficient (Wildman–Crippen LogP) is 3.47. The largest absolute Gasteiger partial charge is 0.495 e. The average Bonchev–Trinajstić information content (AvgIpc) is 2.53. The van der Waals surface area contributed by atoms with Crippen molar-refractivity contribution in [1.82, 2.24) is 5.32 Å². The summed E-state index contributed by atoms with van der Waals surface area (Å²) in [5.74, 6) is 1.13. The van der Waals surface area contributed by atoms with E-state index in [0.29, 0.717) is 29.5 Å². The van der Waals surface area contributed by atoms with Gasteiger partial charge in [0, 0.05) is 5.56 Å². The van der Waals surface area contributed by atoms with Crippen LogP contribution in [0.4, 0.5) is 0 Å². The highest BCUT2D eigenvalue weighted by Gasteiger charge is 2.08. The van der Waals surface area contributed by atoms with Crippen molar-refractivity contribution in [3.05, 3.63) is 58.6 Å². The van der Waals surface area contributed by atoms with Crippen LogP contribution in [0.1, 0.15) is 15.9 Å². The van der Waals surface area contributed by atoms with Gasteiger partial charge in [-0.05, 0) is 37.3 Å². The molecule has 0 aliphatic rings. The molecule has 0 bridgehead atoms. The number of nitrogens with one attached hydrogen (secondary N) is 1. The average molecular weight is 320 g/mol. The van der Waals surface area contributed by atoms with Gasteiger partial charge >= 0.3 is 0 Å². The second kappa shape index (κ2) is 7.71. The molecule has 1 N–H and O–H groups in total. The molecule has 0 saturated heterocycles. The van der Waals surface area contributed by atoms with Crippen LogP contribution in [0.3, 0.4) is 0 Å². The summed E-state index contributed by atoms with van der Waals surface area (Å²) in [6.07, 6.45) is 0. The Morgan fingerprint density at radius 2 is 1.91 bits per heavy atom. The summed E-state index contributed by atoms with van der Waals surface area (Å²) >= 11 is 6.00. The van der Waals surface area contributed by atoms with Crippen molar-refractivity contribution in [2.75, 3.05) is 20.3 Å². The first-order chi connectivity index (χ1) is 10.6. The SMILES string of the molecule is COc1ccc(C(=O)NCCOc2ccc(C)cc2)cc1Cl. The van der Waals surface area contributed by atoms with Gasteiger partial charge in [0.1, 0.15) is 18.1 Å². The monoisotopic (exact) mass is 319 g/mol. The Kier molecular flexibility index (Phi) is 5.67. The highest BCUT2D eigenvalue weighted by Crippen LogP contribution is 2.24. The van der Waals surface area contributed by atoms with Crippen LogP contribution in [0.25, 0.3) is 0 Å². The highest BCUT2D eigenvalue weighted by molar-refractivity contribution is 6.32. The number of hydrogen-bond acceptors (Lipinski definition) is 3. The second-order valence-corrected chi connectivity index (χ2v) is 5.17. The maximum absolute atomic E-state index is 12.0. The molecule has 0 aromatic heterocycles. The van der Waals surface area contributed by atoms with Crippen molar-refractivity contribution in [2.24, 2.45) is 0 Å². The fourth-order valence-corrected chi connectivity index (χ4v) is 2.14. The smallest absolute Gasteiger partial charge is 0.251 e. The molecule has 2 aromatic carbocycles. The molecule has 0 spiro atoms. The van der Waals surface area contributed by atoms with E-state index < -0.39 is 0 Å². The van der Waals surface area contributed by atoms with Crippen LogP contribution < -0.4 is 14.8 Å². The molecule has 0 unspecified atom stereocenters. The molecule has 0 aliphatic heterocycles. The van der Waals surface area contributed by atoms with Crippen molar-refractivity contribution in [3.63, 3.8) is 0 Å². The molecule has 0 saturated carbocycles. The number of halogens is 1. The molecule has 2 rings (SSSR count). The molecule has 22 heavy (non-hydrogen) atoms. The normalized spacial score (nSPS) is 10.1. The van der Waals surface area contributed by atoms with Crippen LogP contribution in [-0.2, 0) is 0 Å². The molecule has 0 fully saturated rings. The summed E-state index contributed by atoms with van der Waals surface area (Å²) in [5.41, 5.74) is 1.66. The first-order valence-electron chi connectivity index (χ1n) is 6.91. The molecule has 2 aromatic rings. The molecule has 0 atom stereocenters. The van der Waals surface area contributed by atoms with Crippen molar-refractivity contribution in [3.8, 4) is 11.5 Å². The van der Waals surface area contributed by atoms with E-state index in [1.807, 2.05) is 31.2 Å². The summed E-state index contributed by atoms with van der Waals surface area (Å²) < 4.78 is 10.6. The molecule has 0 heterocycles. The topological polar surface area (TPSA) is 47.6 Å². The van der Waals surface area contributed by atoms with E-state index >= 15 is 0 Å². The molecule has 1 amide bonds. The van der Waals surface area contributed by atoms with Crippen molar-refractivity contribution < 1.29 is 14.3 Å². The van der Waals surface area contributed by atoms with Gasteiger partial charge in [-0.15, -0.1) is 0 Å². The third kappa shape index (κ3) is 4.40. The van der Waals surface area contributed by atoms with Gasteiger partial charge in [-0.25, -0.2) is 0 Å². The molecular formula is C17H18ClNO3. The number of benzene rings is 2. The third-order valence-electron chi connectivity index (χ3n) is 3.09. The minimum atomic E-state index is -0.197. The number of carbonyl (C=O) groups is 1. The lowest BCUT2D eigenvalue weighted by molar-refractivity contribution is 0.0947. The van der Waals surface area contributed by atoms with Crippen LogP contribution in [-0.4, -0.2) is 26.2 Å². The Bertz CT molecular complexity index is 641. The fourth-order valence-electron chi connectivity index (χ4n) is 1.88. The fraction of sp³-hybridized carbons (Fsp3) is 0.235. The maximum Gasteiger partial charge on any atom is 0.251 e. The van der Waals surface area contributed by atoms with Crippen LogP contribution >= 0.6 is 11.6 Å². The summed E-state index contributed by atoms with van der Waals surface area (Å²) in [4.78, 5) is 12.0. The highest BCUT2D eigenvalue weighted by atomic mass is 35.5. The lowest BCUT2D eigenvalue weighted by Crippen LogP contribution is -2.28. The molecule has 0 aliphatic carbocycles. The number of rotatable bonds is 6. The van der Waals surface area contributed by atoms with Gasteiger partial charge in [0.05, 0.1) is 18.7 Å². The van der Waals surface area contributed by atoms with Gasteiger partial charge in [-0.1, -0.05) is 29.3 Å². The molecule has 4 nitrogen and oxygen atoms in total. The number of aryl methyl sites for hydroxylation is 1. The van der Waals surface area contributed by atoms with E-state index in [-0.39, 0.29) is 5.91 Å². The quantitative estimate of drug-likeness (QED) is 0.829. The van der Waals surface area contributed by atoms with Gasteiger partial charge in [-0.3, -0.25) is 4.79 Å².